The molecule has 0 aliphatic carbocycles. The van der Waals surface area contributed by atoms with Crippen LogP contribution in [-0.2, 0) is 4.79 Å². The van der Waals surface area contributed by atoms with Gasteiger partial charge >= 0.3 is 5.97 Å². The van der Waals surface area contributed by atoms with E-state index in [0.29, 0.717) is 0 Å². The minimum atomic E-state index is -0.919. The van der Waals surface area contributed by atoms with Crippen LogP contribution in [0.4, 0.5) is 5.69 Å². The molecule has 4 heteroatoms. The SMILES string of the molecule is CC(C)(C(=O)O)C(c1ccccc1)c1ccc(N2CCC(O)CC2)cc1. The molecule has 1 aliphatic rings. The van der Waals surface area contributed by atoms with Crippen molar-refractivity contribution >= 4 is 11.7 Å². The minimum Gasteiger partial charge on any atom is -0.481 e. The molecule has 0 saturated carbocycles. The zero-order valence-corrected chi connectivity index (χ0v) is 15.4. The Morgan fingerprint density at radius 3 is 2.08 bits per heavy atom. The number of nitrogens with zero attached hydrogens (tertiary/aromatic N) is 1. The molecule has 0 spiro atoms. The van der Waals surface area contributed by atoms with Gasteiger partial charge in [0.25, 0.3) is 0 Å². The Labute approximate surface area is 155 Å². The highest BCUT2D eigenvalue weighted by atomic mass is 16.4. The number of aliphatic hydroxyl groups is 1. The van der Waals surface area contributed by atoms with Crippen LogP contribution in [0.25, 0.3) is 0 Å². The number of piperidine rings is 1. The number of aliphatic hydroxyl groups excluding tert-OH is 1. The maximum absolute atomic E-state index is 11.9. The van der Waals surface area contributed by atoms with E-state index >= 15 is 0 Å². The Morgan fingerprint density at radius 2 is 1.54 bits per heavy atom. The number of aliphatic carboxylic acids is 1. The van der Waals surface area contributed by atoms with E-state index in [0.717, 1.165) is 42.7 Å². The Morgan fingerprint density at radius 1 is 1.00 bits per heavy atom. The van der Waals surface area contributed by atoms with Crippen LogP contribution in [0.5, 0.6) is 0 Å². The van der Waals surface area contributed by atoms with Crippen molar-refractivity contribution in [3.63, 3.8) is 0 Å². The van der Waals surface area contributed by atoms with Crippen LogP contribution in [0.2, 0.25) is 0 Å². The van der Waals surface area contributed by atoms with E-state index < -0.39 is 11.4 Å². The predicted molar refractivity (Wildman–Crippen MR) is 104 cm³/mol. The predicted octanol–water partition coefficient (Wildman–Crippen LogP) is 3.89. The van der Waals surface area contributed by atoms with Crippen molar-refractivity contribution in [2.24, 2.45) is 5.41 Å². The molecule has 1 saturated heterocycles. The summed E-state index contributed by atoms with van der Waals surface area (Å²) in [5.74, 6) is -1.03. The van der Waals surface area contributed by atoms with Gasteiger partial charge in [0, 0.05) is 24.7 Å². The van der Waals surface area contributed by atoms with E-state index in [-0.39, 0.29) is 12.0 Å². The second kappa shape index (κ2) is 7.50. The molecular formula is C22H27NO3. The van der Waals surface area contributed by atoms with Gasteiger partial charge in [-0.15, -0.1) is 0 Å². The molecule has 1 unspecified atom stereocenters. The smallest absolute Gasteiger partial charge is 0.310 e. The average molecular weight is 353 g/mol. The summed E-state index contributed by atoms with van der Waals surface area (Å²) in [4.78, 5) is 14.2. The van der Waals surface area contributed by atoms with E-state index in [4.69, 9.17) is 0 Å². The summed E-state index contributed by atoms with van der Waals surface area (Å²) in [5.41, 5.74) is 2.22. The lowest BCUT2D eigenvalue weighted by Gasteiger charge is -2.33. The first kappa shape index (κ1) is 18.5. The number of rotatable bonds is 5. The first-order valence-corrected chi connectivity index (χ1v) is 9.21. The van der Waals surface area contributed by atoms with Gasteiger partial charge in [0.2, 0.25) is 0 Å². The fraction of sp³-hybridized carbons (Fsp3) is 0.409. The maximum atomic E-state index is 11.9. The third-order valence-electron chi connectivity index (χ3n) is 5.46. The number of carboxylic acid groups (broad SMARTS) is 1. The first-order valence-electron chi connectivity index (χ1n) is 9.21. The van der Waals surface area contributed by atoms with Gasteiger partial charge in [-0.05, 0) is 49.9 Å². The highest BCUT2D eigenvalue weighted by Crippen LogP contribution is 2.41. The normalized spacial score (nSPS) is 17.1. The number of hydrogen-bond acceptors (Lipinski definition) is 3. The van der Waals surface area contributed by atoms with Crippen LogP contribution in [0.15, 0.2) is 54.6 Å². The molecule has 0 amide bonds. The topological polar surface area (TPSA) is 60.8 Å². The molecule has 0 bridgehead atoms. The molecule has 2 N–H and O–H groups in total. The fourth-order valence-electron chi connectivity index (χ4n) is 3.80. The Kier molecular flexibility index (Phi) is 5.33. The summed E-state index contributed by atoms with van der Waals surface area (Å²) in [6, 6.07) is 18.1. The van der Waals surface area contributed by atoms with Crippen molar-refractivity contribution in [2.75, 3.05) is 18.0 Å². The lowest BCUT2D eigenvalue weighted by Crippen LogP contribution is -2.35. The molecule has 1 atom stereocenters. The van der Waals surface area contributed by atoms with Crippen molar-refractivity contribution in [1.82, 2.24) is 0 Å². The molecule has 4 nitrogen and oxygen atoms in total. The van der Waals surface area contributed by atoms with Crippen LogP contribution in [-0.4, -0.2) is 35.4 Å². The summed E-state index contributed by atoms with van der Waals surface area (Å²) in [7, 11) is 0. The van der Waals surface area contributed by atoms with Crippen molar-refractivity contribution in [3.8, 4) is 0 Å². The second-order valence-corrected chi connectivity index (χ2v) is 7.68. The van der Waals surface area contributed by atoms with Crippen molar-refractivity contribution in [1.29, 1.82) is 0 Å². The Hall–Kier alpha value is -2.33. The lowest BCUT2D eigenvalue weighted by molar-refractivity contribution is -0.147. The van der Waals surface area contributed by atoms with Crippen LogP contribution in [0.3, 0.4) is 0 Å². The summed E-state index contributed by atoms with van der Waals surface area (Å²) in [6.45, 7) is 5.27. The van der Waals surface area contributed by atoms with E-state index in [1.165, 1.54) is 0 Å². The molecule has 2 aromatic rings. The van der Waals surface area contributed by atoms with E-state index in [1.807, 2.05) is 42.5 Å². The molecule has 0 radical (unpaired) electrons. The molecule has 2 aromatic carbocycles. The number of benzene rings is 2. The zero-order valence-electron chi connectivity index (χ0n) is 15.4. The fourth-order valence-corrected chi connectivity index (χ4v) is 3.80. The Bertz CT molecular complexity index is 732. The summed E-state index contributed by atoms with van der Waals surface area (Å²) >= 11 is 0. The van der Waals surface area contributed by atoms with Crippen LogP contribution in [0.1, 0.15) is 43.7 Å². The van der Waals surface area contributed by atoms with Gasteiger partial charge in [-0.3, -0.25) is 4.79 Å². The summed E-state index contributed by atoms with van der Waals surface area (Å²) in [6.07, 6.45) is 1.39. The number of hydrogen-bond donors (Lipinski definition) is 2. The largest absolute Gasteiger partial charge is 0.481 e. The van der Waals surface area contributed by atoms with Crippen LogP contribution in [0, 0.1) is 5.41 Å². The number of carbonyl (C=O) groups is 1. The molecule has 138 valence electrons. The lowest BCUT2D eigenvalue weighted by atomic mass is 9.71. The monoisotopic (exact) mass is 353 g/mol. The summed E-state index contributed by atoms with van der Waals surface area (Å²) < 4.78 is 0. The van der Waals surface area contributed by atoms with Gasteiger partial charge in [0.1, 0.15) is 0 Å². The minimum absolute atomic E-state index is 0.190. The molecule has 3 rings (SSSR count). The molecule has 0 aromatic heterocycles. The van der Waals surface area contributed by atoms with Crippen molar-refractivity contribution < 1.29 is 15.0 Å². The van der Waals surface area contributed by atoms with Crippen molar-refractivity contribution in [2.45, 2.75) is 38.7 Å². The molecule has 1 heterocycles. The zero-order chi connectivity index (χ0) is 18.7. The number of anilines is 1. The van der Waals surface area contributed by atoms with Crippen LogP contribution >= 0.6 is 0 Å². The number of carboxylic acids is 1. The third kappa shape index (κ3) is 3.75. The second-order valence-electron chi connectivity index (χ2n) is 7.68. The van der Waals surface area contributed by atoms with Gasteiger partial charge in [0.05, 0.1) is 11.5 Å². The average Bonchev–Trinajstić information content (AvgIpc) is 2.64. The first-order chi connectivity index (χ1) is 12.4. The van der Waals surface area contributed by atoms with Gasteiger partial charge < -0.3 is 15.1 Å². The third-order valence-corrected chi connectivity index (χ3v) is 5.46. The Balaban J connectivity index is 1.91. The highest BCUT2D eigenvalue weighted by molar-refractivity contribution is 5.76. The van der Waals surface area contributed by atoms with E-state index in [9.17, 15) is 15.0 Å². The molecule has 26 heavy (non-hydrogen) atoms. The quantitative estimate of drug-likeness (QED) is 0.856. The van der Waals surface area contributed by atoms with E-state index in [2.05, 4.69) is 17.0 Å². The van der Waals surface area contributed by atoms with Gasteiger partial charge in [-0.25, -0.2) is 0 Å². The van der Waals surface area contributed by atoms with Gasteiger partial charge in [0.15, 0.2) is 0 Å². The molecular weight excluding hydrogens is 326 g/mol. The maximum Gasteiger partial charge on any atom is 0.310 e. The van der Waals surface area contributed by atoms with Gasteiger partial charge in [-0.1, -0.05) is 42.5 Å². The highest BCUT2D eigenvalue weighted by Gasteiger charge is 2.38. The summed E-state index contributed by atoms with van der Waals surface area (Å²) in [5, 5.41) is 19.5. The van der Waals surface area contributed by atoms with E-state index in [1.54, 1.807) is 13.8 Å². The van der Waals surface area contributed by atoms with Crippen LogP contribution < -0.4 is 4.90 Å². The molecule has 1 fully saturated rings. The standard InChI is InChI=1S/C22H27NO3/c1-22(2,21(25)26)20(16-6-4-3-5-7-16)17-8-10-18(11-9-17)23-14-12-19(24)13-15-23/h3-11,19-20,24H,12-15H2,1-2H3,(H,25,26). The van der Waals surface area contributed by atoms with Gasteiger partial charge in [-0.2, -0.15) is 0 Å². The molecule has 1 aliphatic heterocycles. The van der Waals surface area contributed by atoms with Crippen molar-refractivity contribution in [3.05, 3.63) is 65.7 Å².